The number of pyridine rings is 1. The van der Waals surface area contributed by atoms with Crippen molar-refractivity contribution in [2.24, 2.45) is 9.98 Å². The van der Waals surface area contributed by atoms with E-state index in [-0.39, 0.29) is 5.82 Å². The topological polar surface area (TPSA) is 125 Å². The number of nitrogens with zero attached hydrogens (tertiary/aromatic N) is 4. The zero-order valence-electron chi connectivity index (χ0n) is 20.0. The van der Waals surface area contributed by atoms with Gasteiger partial charge in [-0.15, -0.1) is 0 Å². The number of fused-ring (bicyclic) bond motifs is 6. The number of methoxy groups -OCH3 is 2. The molecule has 0 spiro atoms. The van der Waals surface area contributed by atoms with Crippen LogP contribution in [0, 0.1) is 6.92 Å². The maximum absolute atomic E-state index is 13.3. The smallest absolute Gasteiger partial charge is 0.327 e. The van der Waals surface area contributed by atoms with Gasteiger partial charge in [-0.25, -0.2) is 19.8 Å². The Kier molecular flexibility index (Phi) is 4.78. The fraction of sp³-hybridized carbons (Fsp3) is 0.192. The quantitative estimate of drug-likeness (QED) is 0.458. The Morgan fingerprint density at radius 3 is 2.56 bits per heavy atom. The first-order chi connectivity index (χ1) is 17.4. The predicted molar refractivity (Wildman–Crippen MR) is 135 cm³/mol. The molecule has 3 aliphatic rings. The molecule has 0 saturated heterocycles. The second kappa shape index (κ2) is 7.91. The zero-order valence-corrected chi connectivity index (χ0v) is 20.0. The van der Waals surface area contributed by atoms with Crippen molar-refractivity contribution in [2.45, 2.75) is 19.8 Å². The van der Waals surface area contributed by atoms with Gasteiger partial charge in [-0.1, -0.05) is 12.1 Å². The molecule has 2 N–H and O–H groups in total. The summed E-state index contributed by atoms with van der Waals surface area (Å²) in [5, 5.41) is 0.877. The molecule has 2 aromatic heterocycles. The molecule has 0 aliphatic carbocycles. The second-order valence-corrected chi connectivity index (χ2v) is 8.61. The summed E-state index contributed by atoms with van der Waals surface area (Å²) >= 11 is 0. The van der Waals surface area contributed by atoms with Crippen molar-refractivity contribution in [1.82, 2.24) is 15.0 Å². The maximum Gasteiger partial charge on any atom is 0.327 e. The lowest BCUT2D eigenvalue weighted by Gasteiger charge is -2.33. The van der Waals surface area contributed by atoms with E-state index in [4.69, 9.17) is 19.5 Å². The van der Waals surface area contributed by atoms with Crippen LogP contribution < -0.4 is 36.3 Å². The Labute approximate surface area is 204 Å². The lowest BCUT2D eigenvalue weighted by atomic mass is 9.82. The molecule has 0 amide bonds. The lowest BCUT2D eigenvalue weighted by Crippen LogP contribution is -2.42. The average molecular weight is 483 g/mol. The van der Waals surface area contributed by atoms with E-state index in [2.05, 4.69) is 15.0 Å². The van der Waals surface area contributed by atoms with Crippen molar-refractivity contribution in [2.75, 3.05) is 19.1 Å². The van der Waals surface area contributed by atoms with Crippen LogP contribution in [0.15, 0.2) is 62.2 Å². The van der Waals surface area contributed by atoms with Crippen LogP contribution in [0.2, 0.25) is 0 Å². The molecule has 36 heavy (non-hydrogen) atoms. The number of nitrogens with one attached hydrogen (secondary N) is 2. The van der Waals surface area contributed by atoms with Crippen LogP contribution in [-0.2, 0) is 0 Å². The molecule has 1 unspecified atom stereocenters. The van der Waals surface area contributed by atoms with Crippen molar-refractivity contribution in [3.05, 3.63) is 96.6 Å². The molecule has 0 saturated carbocycles. The van der Waals surface area contributed by atoms with Crippen LogP contribution >= 0.6 is 0 Å². The minimum atomic E-state index is -0.630. The molecule has 0 bridgehead atoms. The normalized spacial score (nSPS) is 16.9. The van der Waals surface area contributed by atoms with Crippen LogP contribution in [0.5, 0.6) is 11.5 Å². The van der Waals surface area contributed by atoms with Gasteiger partial charge in [0.15, 0.2) is 17.0 Å². The molecule has 10 heteroatoms. The van der Waals surface area contributed by atoms with E-state index in [0.29, 0.717) is 22.6 Å². The van der Waals surface area contributed by atoms with Gasteiger partial charge in [0.25, 0.3) is 5.56 Å². The fourth-order valence-electron chi connectivity index (χ4n) is 5.12. The van der Waals surface area contributed by atoms with Crippen LogP contribution in [0.25, 0.3) is 5.70 Å². The number of aromatic amines is 2. The van der Waals surface area contributed by atoms with Crippen molar-refractivity contribution in [3.8, 4) is 11.5 Å². The highest BCUT2D eigenvalue weighted by molar-refractivity contribution is 6.11. The third-order valence-corrected chi connectivity index (χ3v) is 6.59. The Balaban J connectivity index is 1.78. The molecule has 0 fully saturated rings. The van der Waals surface area contributed by atoms with Gasteiger partial charge in [-0.05, 0) is 43.7 Å². The van der Waals surface area contributed by atoms with E-state index in [1.165, 1.54) is 0 Å². The summed E-state index contributed by atoms with van der Waals surface area (Å²) in [5.41, 5.74) is 3.51. The SMILES string of the molecule is COc1ccc(C2c3c4c(c(C)nc3=Nc3[nH]c(=O)[nH]c(=O)c32)=C(C)N=C2C=CC=CN24)cc1OC. The third kappa shape index (κ3) is 3.07. The number of anilines is 1. The number of ether oxygens (including phenoxy) is 2. The molecular weight excluding hydrogens is 460 g/mol. The van der Waals surface area contributed by atoms with Crippen LogP contribution in [0.4, 0.5) is 11.5 Å². The van der Waals surface area contributed by atoms with Crippen molar-refractivity contribution in [1.29, 1.82) is 0 Å². The van der Waals surface area contributed by atoms with E-state index in [1.807, 2.05) is 55.3 Å². The van der Waals surface area contributed by atoms with Crippen LogP contribution in [0.1, 0.15) is 35.2 Å². The second-order valence-electron chi connectivity index (χ2n) is 8.61. The average Bonchev–Trinajstić information content (AvgIpc) is 2.86. The molecule has 10 nitrogen and oxygen atoms in total. The highest BCUT2D eigenvalue weighted by Gasteiger charge is 2.36. The summed E-state index contributed by atoms with van der Waals surface area (Å²) < 4.78 is 11.0. The molecule has 6 rings (SSSR count). The largest absolute Gasteiger partial charge is 0.493 e. The summed E-state index contributed by atoms with van der Waals surface area (Å²) in [4.78, 5) is 46.7. The number of aryl methyl sites for hydroxylation is 1. The molecule has 5 heterocycles. The molecule has 1 atom stereocenters. The first-order valence-electron chi connectivity index (χ1n) is 11.3. The minimum Gasteiger partial charge on any atom is -0.493 e. The van der Waals surface area contributed by atoms with Gasteiger partial charge in [0.1, 0.15) is 11.7 Å². The molecule has 180 valence electrons. The van der Waals surface area contributed by atoms with Crippen molar-refractivity contribution < 1.29 is 9.47 Å². The van der Waals surface area contributed by atoms with Crippen molar-refractivity contribution >= 4 is 23.0 Å². The molecule has 0 radical (unpaired) electrons. The van der Waals surface area contributed by atoms with Gasteiger partial charge in [-0.3, -0.25) is 14.8 Å². The van der Waals surface area contributed by atoms with Gasteiger partial charge in [0.2, 0.25) is 0 Å². The highest BCUT2D eigenvalue weighted by atomic mass is 16.5. The maximum atomic E-state index is 13.3. The van der Waals surface area contributed by atoms with Gasteiger partial charge in [0.05, 0.1) is 36.9 Å². The molecular formula is C26H22N6O4. The van der Waals surface area contributed by atoms with E-state index >= 15 is 0 Å². The molecule has 3 aromatic rings. The number of amidine groups is 1. The van der Waals surface area contributed by atoms with Gasteiger partial charge in [0, 0.05) is 22.9 Å². The Morgan fingerprint density at radius 2 is 1.78 bits per heavy atom. The van der Waals surface area contributed by atoms with Gasteiger partial charge < -0.3 is 14.4 Å². The summed E-state index contributed by atoms with van der Waals surface area (Å²) in [7, 11) is 3.12. The summed E-state index contributed by atoms with van der Waals surface area (Å²) in [5.74, 6) is 1.40. The first-order valence-corrected chi connectivity index (χ1v) is 11.3. The minimum absolute atomic E-state index is 0.183. The lowest BCUT2D eigenvalue weighted by molar-refractivity contribution is 0.354. The predicted octanol–water partition coefficient (Wildman–Crippen LogP) is 1.66. The van der Waals surface area contributed by atoms with E-state index in [9.17, 15) is 9.59 Å². The Hall–Kier alpha value is -4.73. The number of hydrogen-bond acceptors (Lipinski definition) is 8. The standard InChI is InChI=1S/C26H22N6O4/c1-12-18-13(2)28-23-20(22(18)32-10-6-5-7-17(32)27-12)19(14-8-9-15(35-3)16(11-14)36-4)21-24(29-23)30-26(34)31-25(21)33/h5-11,19H,1-4H3,(H2,30,31,33,34). The van der Waals surface area contributed by atoms with Crippen LogP contribution in [-0.4, -0.2) is 35.0 Å². The number of hydrogen-bond donors (Lipinski definition) is 2. The number of allylic oxidation sites excluding steroid dienone is 2. The summed E-state index contributed by atoms with van der Waals surface area (Å²) in [6, 6.07) is 5.50. The Morgan fingerprint density at radius 1 is 0.972 bits per heavy atom. The number of aliphatic imine (C=N–C) groups is 1. The fourth-order valence-corrected chi connectivity index (χ4v) is 5.12. The van der Waals surface area contributed by atoms with E-state index < -0.39 is 17.2 Å². The molecule has 3 aliphatic heterocycles. The number of aromatic nitrogens is 3. The van der Waals surface area contributed by atoms with E-state index in [0.717, 1.165) is 39.3 Å². The summed E-state index contributed by atoms with van der Waals surface area (Å²) in [6.45, 7) is 3.85. The number of H-pyrrole nitrogens is 2. The zero-order chi connectivity index (χ0) is 25.1. The van der Waals surface area contributed by atoms with Gasteiger partial charge in [-0.2, -0.15) is 0 Å². The van der Waals surface area contributed by atoms with Crippen molar-refractivity contribution in [3.63, 3.8) is 0 Å². The summed E-state index contributed by atoms with van der Waals surface area (Å²) in [6.07, 6.45) is 7.71. The number of benzene rings is 1. The molecule has 1 aromatic carbocycles. The van der Waals surface area contributed by atoms with Gasteiger partial charge >= 0.3 is 5.69 Å². The Bertz CT molecular complexity index is 1790. The third-order valence-electron chi connectivity index (χ3n) is 6.59. The number of rotatable bonds is 3. The first kappa shape index (κ1) is 21.8. The highest BCUT2D eigenvalue weighted by Crippen LogP contribution is 2.42. The monoisotopic (exact) mass is 482 g/mol. The van der Waals surface area contributed by atoms with E-state index in [1.54, 1.807) is 20.3 Å². The van der Waals surface area contributed by atoms with Crippen LogP contribution in [0.3, 0.4) is 0 Å².